The molecule has 3 aromatic carbocycles. The monoisotopic (exact) mass is 499 g/mol. The molecule has 0 radical (unpaired) electrons. The lowest BCUT2D eigenvalue weighted by Crippen LogP contribution is -2.12. The fraction of sp³-hybridized carbons (Fsp3) is 0.0870. The van der Waals surface area contributed by atoms with E-state index in [9.17, 15) is 18.0 Å². The Bertz CT molecular complexity index is 1550. The molecule has 0 fully saturated rings. The fourth-order valence-corrected chi connectivity index (χ4v) is 5.49. The second-order valence-electron chi connectivity index (χ2n) is 7.30. The summed E-state index contributed by atoms with van der Waals surface area (Å²) in [6, 6.07) is 14.4. The number of aromatic carboxylic acids is 1. The maximum atomic E-state index is 13.6. The van der Waals surface area contributed by atoms with Gasteiger partial charge in [0.1, 0.15) is 10.6 Å². The summed E-state index contributed by atoms with van der Waals surface area (Å²) in [7, 11) is -1.28. The minimum absolute atomic E-state index is 0.0843. The number of nitrogens with one attached hydrogen (secondary N) is 1. The van der Waals surface area contributed by atoms with Crippen LogP contribution in [0.2, 0.25) is 5.02 Å². The van der Waals surface area contributed by atoms with Crippen molar-refractivity contribution in [2.24, 2.45) is 7.05 Å². The summed E-state index contributed by atoms with van der Waals surface area (Å²) in [6.07, 6.45) is 0. The number of rotatable bonds is 6. The van der Waals surface area contributed by atoms with Crippen LogP contribution in [0.25, 0.3) is 10.9 Å². The highest BCUT2D eigenvalue weighted by molar-refractivity contribution is 7.91. The highest BCUT2D eigenvalue weighted by atomic mass is 35.5. The summed E-state index contributed by atoms with van der Waals surface area (Å²) in [4.78, 5) is 23.7. The van der Waals surface area contributed by atoms with Crippen molar-refractivity contribution in [1.29, 1.82) is 0 Å². The van der Waals surface area contributed by atoms with Crippen LogP contribution >= 0.6 is 11.6 Å². The zero-order valence-corrected chi connectivity index (χ0v) is 19.5. The first kappa shape index (κ1) is 23.3. The number of aromatic nitrogens is 2. The number of anilines is 1. The smallest absolute Gasteiger partial charge is 0.335 e. The molecule has 0 aliphatic rings. The van der Waals surface area contributed by atoms with Crippen LogP contribution in [0.3, 0.4) is 0 Å². The Morgan fingerprint density at radius 2 is 1.71 bits per heavy atom. The number of fused-ring (bicyclic) bond motifs is 1. The van der Waals surface area contributed by atoms with Crippen molar-refractivity contribution in [3.05, 3.63) is 76.8 Å². The van der Waals surface area contributed by atoms with Crippen molar-refractivity contribution in [3.63, 3.8) is 0 Å². The molecule has 0 spiro atoms. The summed E-state index contributed by atoms with van der Waals surface area (Å²) in [5, 5.41) is 16.3. The summed E-state index contributed by atoms with van der Waals surface area (Å²) in [5.74, 6) is -1.46. The molecule has 1 heterocycles. The number of carboxylic acid groups (broad SMARTS) is 1. The zero-order valence-electron chi connectivity index (χ0n) is 17.9. The Labute approximate surface area is 199 Å². The number of amides is 1. The molecule has 0 aliphatic heterocycles. The summed E-state index contributed by atoms with van der Waals surface area (Å²) >= 11 is 6.04. The number of sulfone groups is 1. The zero-order chi connectivity index (χ0) is 24.6. The van der Waals surface area contributed by atoms with Crippen LogP contribution in [0, 0.1) is 0 Å². The molecule has 0 aliphatic carbocycles. The van der Waals surface area contributed by atoms with Crippen molar-refractivity contribution in [2.75, 3.05) is 12.4 Å². The van der Waals surface area contributed by atoms with E-state index in [1.165, 1.54) is 73.4 Å². The minimum atomic E-state index is -4.13. The number of carbonyl (C=O) groups is 2. The summed E-state index contributed by atoms with van der Waals surface area (Å²) < 4.78 is 33.6. The van der Waals surface area contributed by atoms with E-state index in [0.717, 1.165) is 0 Å². The Morgan fingerprint density at radius 3 is 2.35 bits per heavy atom. The van der Waals surface area contributed by atoms with Gasteiger partial charge < -0.3 is 15.2 Å². The molecule has 2 N–H and O–H groups in total. The van der Waals surface area contributed by atoms with Crippen LogP contribution in [0.4, 0.5) is 5.69 Å². The number of hydrogen-bond donors (Lipinski definition) is 2. The van der Waals surface area contributed by atoms with Gasteiger partial charge in [-0.2, -0.15) is 5.10 Å². The van der Waals surface area contributed by atoms with Gasteiger partial charge in [-0.25, -0.2) is 13.2 Å². The normalized spacial score (nSPS) is 11.4. The molecule has 0 atom stereocenters. The molecule has 34 heavy (non-hydrogen) atoms. The van der Waals surface area contributed by atoms with Crippen LogP contribution in [0.5, 0.6) is 5.75 Å². The largest absolute Gasteiger partial charge is 0.495 e. The number of benzene rings is 3. The predicted molar refractivity (Wildman–Crippen MR) is 126 cm³/mol. The van der Waals surface area contributed by atoms with Gasteiger partial charge in [-0.1, -0.05) is 11.6 Å². The van der Waals surface area contributed by atoms with E-state index in [4.69, 9.17) is 21.4 Å². The Balaban J connectivity index is 1.76. The number of carbonyl (C=O) groups excluding carboxylic acids is 1. The van der Waals surface area contributed by atoms with Gasteiger partial charge in [-0.3, -0.25) is 9.48 Å². The first-order valence-electron chi connectivity index (χ1n) is 9.82. The molecular formula is C23H18ClN3O6S. The van der Waals surface area contributed by atoms with Crippen LogP contribution in [-0.2, 0) is 16.9 Å². The van der Waals surface area contributed by atoms with Gasteiger partial charge in [0.25, 0.3) is 5.91 Å². The van der Waals surface area contributed by atoms with Crippen molar-refractivity contribution in [1.82, 2.24) is 9.78 Å². The summed E-state index contributed by atoms with van der Waals surface area (Å²) in [6.45, 7) is 0. The average Bonchev–Trinajstić information content (AvgIpc) is 3.15. The van der Waals surface area contributed by atoms with Crippen molar-refractivity contribution in [2.45, 2.75) is 9.92 Å². The first-order chi connectivity index (χ1) is 16.1. The molecule has 0 saturated heterocycles. The number of ether oxygens (including phenoxy) is 1. The van der Waals surface area contributed by atoms with Gasteiger partial charge in [-0.05, 0) is 60.7 Å². The maximum absolute atomic E-state index is 13.6. The van der Waals surface area contributed by atoms with Crippen molar-refractivity contribution < 1.29 is 27.9 Å². The Kier molecular flexibility index (Phi) is 6.03. The number of hydrogen-bond acceptors (Lipinski definition) is 6. The highest BCUT2D eigenvalue weighted by Gasteiger charge is 2.29. The summed E-state index contributed by atoms with van der Waals surface area (Å²) in [5.41, 5.74) is 1.04. The quantitative estimate of drug-likeness (QED) is 0.410. The van der Waals surface area contributed by atoms with Crippen LogP contribution < -0.4 is 10.1 Å². The number of aryl methyl sites for hydroxylation is 1. The third kappa shape index (κ3) is 4.20. The van der Waals surface area contributed by atoms with Gasteiger partial charge >= 0.3 is 5.97 Å². The van der Waals surface area contributed by atoms with Gasteiger partial charge in [0.15, 0.2) is 5.03 Å². The molecule has 1 aromatic heterocycles. The predicted octanol–water partition coefficient (Wildman–Crippen LogP) is 4.02. The highest BCUT2D eigenvalue weighted by Crippen LogP contribution is 2.35. The second-order valence-corrected chi connectivity index (χ2v) is 9.57. The molecule has 1 amide bonds. The van der Waals surface area contributed by atoms with Crippen molar-refractivity contribution in [3.8, 4) is 5.75 Å². The van der Waals surface area contributed by atoms with Gasteiger partial charge in [0.05, 0.1) is 18.2 Å². The van der Waals surface area contributed by atoms with Crippen LogP contribution in [0.15, 0.2) is 70.6 Å². The van der Waals surface area contributed by atoms with E-state index < -0.39 is 21.7 Å². The van der Waals surface area contributed by atoms with Crippen LogP contribution in [0.1, 0.15) is 20.7 Å². The van der Waals surface area contributed by atoms with E-state index in [-0.39, 0.29) is 37.2 Å². The lowest BCUT2D eigenvalue weighted by Gasteiger charge is -2.11. The second kappa shape index (κ2) is 8.81. The van der Waals surface area contributed by atoms with E-state index in [2.05, 4.69) is 10.4 Å². The Hall–Kier alpha value is -3.89. The lowest BCUT2D eigenvalue weighted by molar-refractivity contribution is 0.0696. The molecule has 0 saturated carbocycles. The molecule has 9 nitrogen and oxygen atoms in total. The number of nitrogens with zero attached hydrogens (tertiary/aromatic N) is 2. The fourth-order valence-electron chi connectivity index (χ4n) is 3.50. The standard InChI is InChI=1S/C23H18ClN3O6S/c1-27-22(34(31,32)20-12-15(24)6-10-19(20)33-2)17-11-14(5-9-18(17)26-27)21(28)25-16-7-3-13(4-8-16)23(29)30/h3-12H,1-2H3,(H,25,28)(H,29,30). The van der Waals surface area contributed by atoms with E-state index in [0.29, 0.717) is 11.2 Å². The van der Waals surface area contributed by atoms with E-state index in [1.807, 2.05) is 0 Å². The van der Waals surface area contributed by atoms with Gasteiger partial charge in [-0.15, -0.1) is 0 Å². The SMILES string of the molecule is COc1ccc(Cl)cc1S(=O)(=O)c1c2cc(C(=O)Nc3ccc(C(=O)O)cc3)ccc2nn1C. The topological polar surface area (TPSA) is 128 Å². The maximum Gasteiger partial charge on any atom is 0.335 e. The minimum Gasteiger partial charge on any atom is -0.495 e. The van der Waals surface area contributed by atoms with Crippen LogP contribution in [-0.4, -0.2) is 42.3 Å². The van der Waals surface area contributed by atoms with Gasteiger partial charge in [0, 0.05) is 28.7 Å². The molecule has 0 unspecified atom stereocenters. The van der Waals surface area contributed by atoms with Crippen molar-refractivity contribution >= 4 is 49.9 Å². The molecule has 11 heteroatoms. The molecule has 4 rings (SSSR count). The molecule has 4 aromatic rings. The average molecular weight is 500 g/mol. The number of halogens is 1. The number of carboxylic acids is 1. The first-order valence-corrected chi connectivity index (χ1v) is 11.7. The molecular weight excluding hydrogens is 482 g/mol. The number of methoxy groups -OCH3 is 1. The van der Waals surface area contributed by atoms with E-state index in [1.54, 1.807) is 6.07 Å². The third-order valence-corrected chi connectivity index (χ3v) is 7.23. The van der Waals surface area contributed by atoms with Gasteiger partial charge in [0.2, 0.25) is 9.84 Å². The Morgan fingerprint density at radius 1 is 1.03 bits per heavy atom. The lowest BCUT2D eigenvalue weighted by atomic mass is 10.1. The molecule has 174 valence electrons. The van der Waals surface area contributed by atoms with E-state index >= 15 is 0 Å². The third-order valence-electron chi connectivity index (χ3n) is 5.10. The molecule has 0 bridgehead atoms.